The lowest BCUT2D eigenvalue weighted by atomic mass is 10.0. The normalized spacial score (nSPS) is 16.3. The van der Waals surface area contributed by atoms with Crippen molar-refractivity contribution in [1.29, 1.82) is 0 Å². The molecule has 3 aromatic carbocycles. The maximum atomic E-state index is 13.3. The quantitative estimate of drug-likeness (QED) is 0.437. The smallest absolute Gasteiger partial charge is 0.254 e. The molecule has 6 heteroatoms. The third-order valence-electron chi connectivity index (χ3n) is 7.08. The molecule has 0 unspecified atom stereocenters. The van der Waals surface area contributed by atoms with Crippen LogP contribution in [0.2, 0.25) is 0 Å². The molecule has 1 fully saturated rings. The average Bonchev–Trinajstić information content (AvgIpc) is 3.45. The topological polar surface area (TPSA) is 45.6 Å². The monoisotopic (exact) mass is 453 g/mol. The number of hydrogen-bond acceptors (Lipinski definition) is 2. The average molecular weight is 454 g/mol. The lowest BCUT2D eigenvalue weighted by Crippen LogP contribution is -2.46. The molecule has 1 aromatic heterocycles. The fourth-order valence-corrected chi connectivity index (χ4v) is 5.24. The molecule has 3 heterocycles. The zero-order valence-corrected chi connectivity index (χ0v) is 18.7. The Hall–Kier alpha value is -3.93. The van der Waals surface area contributed by atoms with E-state index in [4.69, 9.17) is 0 Å². The zero-order chi connectivity index (χ0) is 23.2. The van der Waals surface area contributed by atoms with Crippen molar-refractivity contribution in [2.45, 2.75) is 25.4 Å². The summed E-state index contributed by atoms with van der Waals surface area (Å²) in [5, 5.41) is 0.963. The molecular formula is C28H24FN3O2. The molecule has 0 radical (unpaired) electrons. The number of likely N-dealkylation sites (tertiary alicyclic amines) is 1. The van der Waals surface area contributed by atoms with Crippen molar-refractivity contribution in [2.75, 3.05) is 13.1 Å². The van der Waals surface area contributed by atoms with Crippen molar-refractivity contribution in [1.82, 2.24) is 14.4 Å². The second-order valence-electron chi connectivity index (χ2n) is 9.05. The van der Waals surface area contributed by atoms with Gasteiger partial charge in [0.15, 0.2) is 0 Å². The summed E-state index contributed by atoms with van der Waals surface area (Å²) in [5.74, 6) is -0.141. The highest BCUT2D eigenvalue weighted by Gasteiger charge is 2.35. The first-order valence-electron chi connectivity index (χ1n) is 11.6. The van der Waals surface area contributed by atoms with Crippen LogP contribution in [0.15, 0.2) is 79.0 Å². The van der Waals surface area contributed by atoms with Gasteiger partial charge in [0.05, 0.1) is 5.52 Å². The zero-order valence-electron chi connectivity index (χ0n) is 18.7. The van der Waals surface area contributed by atoms with E-state index in [2.05, 4.69) is 0 Å². The number of carbonyl (C=O) groups is 2. The Bertz CT molecular complexity index is 1400. The molecule has 0 N–H and O–H groups in total. The molecule has 5 nitrogen and oxygen atoms in total. The molecule has 0 aliphatic carbocycles. The molecule has 2 amide bonds. The van der Waals surface area contributed by atoms with Crippen LogP contribution in [0.3, 0.4) is 0 Å². The largest absolute Gasteiger partial charge is 0.338 e. The second-order valence-corrected chi connectivity index (χ2v) is 9.05. The SMILES string of the molecule is O=C(c1ccc2c(ccn2-c2ccc(F)cc2)c1)N1CCC(N2Cc3ccccc3C2=O)CC1. The van der Waals surface area contributed by atoms with Crippen molar-refractivity contribution < 1.29 is 14.0 Å². The number of rotatable bonds is 3. The van der Waals surface area contributed by atoms with Gasteiger partial charge in [0.2, 0.25) is 0 Å². The summed E-state index contributed by atoms with van der Waals surface area (Å²) in [5.41, 5.74) is 4.39. The Balaban J connectivity index is 1.15. The van der Waals surface area contributed by atoms with E-state index in [9.17, 15) is 14.0 Å². The Morgan fingerprint density at radius 1 is 0.912 bits per heavy atom. The van der Waals surface area contributed by atoms with Gasteiger partial charge in [-0.05, 0) is 73.0 Å². The number of piperidine rings is 1. The maximum absolute atomic E-state index is 13.3. The third-order valence-corrected chi connectivity index (χ3v) is 7.08. The molecule has 2 aliphatic heterocycles. The van der Waals surface area contributed by atoms with E-state index in [-0.39, 0.29) is 23.7 Å². The molecule has 1 saturated heterocycles. The highest BCUT2D eigenvalue weighted by Crippen LogP contribution is 2.29. The minimum absolute atomic E-state index is 0.0194. The van der Waals surface area contributed by atoms with Gasteiger partial charge in [0.25, 0.3) is 11.8 Å². The minimum Gasteiger partial charge on any atom is -0.338 e. The molecule has 4 aromatic rings. The van der Waals surface area contributed by atoms with E-state index in [1.807, 2.05) is 69.1 Å². The minimum atomic E-state index is -0.268. The number of halogens is 1. The molecule has 6 rings (SSSR count). The van der Waals surface area contributed by atoms with Crippen LogP contribution in [-0.4, -0.2) is 45.3 Å². The van der Waals surface area contributed by atoms with Crippen LogP contribution in [0.25, 0.3) is 16.6 Å². The molecular weight excluding hydrogens is 429 g/mol. The second kappa shape index (κ2) is 8.13. The molecule has 34 heavy (non-hydrogen) atoms. The third kappa shape index (κ3) is 3.46. The number of carbonyl (C=O) groups excluding carboxylic acids is 2. The van der Waals surface area contributed by atoms with Gasteiger partial charge < -0.3 is 14.4 Å². The molecule has 0 spiro atoms. The molecule has 0 saturated carbocycles. The number of hydrogen-bond donors (Lipinski definition) is 0. The van der Waals surface area contributed by atoms with Crippen LogP contribution in [0.1, 0.15) is 39.1 Å². The number of aromatic nitrogens is 1. The Kier molecular flexibility index (Phi) is 4.94. The fraction of sp³-hybridized carbons (Fsp3) is 0.214. The lowest BCUT2D eigenvalue weighted by molar-refractivity contribution is 0.0535. The van der Waals surface area contributed by atoms with Gasteiger partial charge in [0, 0.05) is 54.1 Å². The Labute approximate surface area is 197 Å². The van der Waals surface area contributed by atoms with E-state index in [1.165, 1.54) is 12.1 Å². The summed E-state index contributed by atoms with van der Waals surface area (Å²) in [7, 11) is 0. The first-order valence-corrected chi connectivity index (χ1v) is 11.6. The number of nitrogens with zero attached hydrogens (tertiary/aromatic N) is 3. The lowest BCUT2D eigenvalue weighted by Gasteiger charge is -2.36. The maximum Gasteiger partial charge on any atom is 0.254 e. The van der Waals surface area contributed by atoms with Crippen LogP contribution in [0.5, 0.6) is 0 Å². The molecule has 0 bridgehead atoms. The molecule has 2 aliphatic rings. The van der Waals surface area contributed by atoms with E-state index in [1.54, 1.807) is 12.1 Å². The number of fused-ring (bicyclic) bond motifs is 2. The van der Waals surface area contributed by atoms with Gasteiger partial charge in [0.1, 0.15) is 5.82 Å². The van der Waals surface area contributed by atoms with Crippen LogP contribution in [0, 0.1) is 5.82 Å². The van der Waals surface area contributed by atoms with Gasteiger partial charge >= 0.3 is 0 Å². The summed E-state index contributed by atoms with van der Waals surface area (Å²) in [6.45, 7) is 1.94. The van der Waals surface area contributed by atoms with Crippen LogP contribution >= 0.6 is 0 Å². The van der Waals surface area contributed by atoms with E-state index in [0.29, 0.717) is 25.2 Å². The van der Waals surface area contributed by atoms with Crippen molar-refractivity contribution in [3.8, 4) is 5.69 Å². The number of amides is 2. The van der Waals surface area contributed by atoms with Gasteiger partial charge in [-0.25, -0.2) is 4.39 Å². The van der Waals surface area contributed by atoms with Gasteiger partial charge in [-0.2, -0.15) is 0 Å². The summed E-state index contributed by atoms with van der Waals surface area (Å²) in [6, 6.07) is 22.0. The van der Waals surface area contributed by atoms with Crippen molar-refractivity contribution >= 4 is 22.7 Å². The summed E-state index contributed by atoms with van der Waals surface area (Å²) >= 11 is 0. The molecule has 0 atom stereocenters. The standard InChI is InChI=1S/C28H24FN3O2/c29-22-6-8-23(9-7-22)31-16-11-19-17-20(5-10-26(19)31)27(33)30-14-12-24(13-15-30)32-18-21-3-1-2-4-25(21)28(32)34/h1-11,16-17,24H,12-15,18H2. The van der Waals surface area contributed by atoms with Crippen molar-refractivity contribution in [3.63, 3.8) is 0 Å². The van der Waals surface area contributed by atoms with Crippen LogP contribution in [-0.2, 0) is 6.54 Å². The predicted molar refractivity (Wildman–Crippen MR) is 128 cm³/mol. The highest BCUT2D eigenvalue weighted by atomic mass is 19.1. The highest BCUT2D eigenvalue weighted by molar-refractivity contribution is 5.99. The van der Waals surface area contributed by atoms with E-state index in [0.717, 1.165) is 40.6 Å². The van der Waals surface area contributed by atoms with Gasteiger partial charge in [-0.15, -0.1) is 0 Å². The van der Waals surface area contributed by atoms with E-state index < -0.39 is 0 Å². The number of benzene rings is 3. The first-order chi connectivity index (χ1) is 16.6. The Morgan fingerprint density at radius 3 is 2.44 bits per heavy atom. The van der Waals surface area contributed by atoms with Crippen LogP contribution in [0.4, 0.5) is 4.39 Å². The molecule has 170 valence electrons. The van der Waals surface area contributed by atoms with Crippen molar-refractivity contribution in [2.24, 2.45) is 0 Å². The summed E-state index contributed by atoms with van der Waals surface area (Å²) in [4.78, 5) is 29.9. The fourth-order valence-electron chi connectivity index (χ4n) is 5.24. The van der Waals surface area contributed by atoms with Gasteiger partial charge in [-0.3, -0.25) is 9.59 Å². The first kappa shape index (κ1) is 20.7. The Morgan fingerprint density at radius 2 is 1.68 bits per heavy atom. The van der Waals surface area contributed by atoms with Gasteiger partial charge in [-0.1, -0.05) is 18.2 Å². The predicted octanol–water partition coefficient (Wildman–Crippen LogP) is 5.03. The summed E-state index contributed by atoms with van der Waals surface area (Å²) < 4.78 is 15.3. The summed E-state index contributed by atoms with van der Waals surface area (Å²) in [6.07, 6.45) is 3.51. The van der Waals surface area contributed by atoms with E-state index >= 15 is 0 Å². The van der Waals surface area contributed by atoms with Crippen LogP contribution < -0.4 is 0 Å². The van der Waals surface area contributed by atoms with Crippen molar-refractivity contribution in [3.05, 3.63) is 102 Å².